The number of aliphatic hydroxyl groups is 4. The van der Waals surface area contributed by atoms with Gasteiger partial charge in [-0.1, -0.05) is 55.1 Å². The normalized spacial score (nSPS) is 35.3. The number of fused-ring (bicyclic) bond motifs is 1. The van der Waals surface area contributed by atoms with Crippen LogP contribution in [-0.4, -0.2) is 57.6 Å². The average molecular weight is 489 g/mol. The highest BCUT2D eigenvalue weighted by Gasteiger charge is 2.44. The number of benzene rings is 2. The topological polar surface area (TPSA) is 99.4 Å². The van der Waals surface area contributed by atoms with Crippen molar-refractivity contribution in [1.29, 1.82) is 0 Å². The maximum absolute atomic E-state index is 10.5. The average Bonchev–Trinajstić information content (AvgIpc) is 3.42. The minimum Gasteiger partial charge on any atom is -0.490 e. The van der Waals surface area contributed by atoms with Gasteiger partial charge in [0.2, 0.25) is 0 Å². The largest absolute Gasteiger partial charge is 0.490 e. The van der Waals surface area contributed by atoms with E-state index in [1.165, 1.54) is 32.1 Å². The standard InChI is InChI=1S/C27H33ClO6/c28-22-9-6-18(27-26(32)25(31)24(30)23(14-29)34-27)11-19(22)10-15-4-7-20(8-5-15)33-21-12-16-2-1-3-17(16)13-21/h4-9,11,16-17,21,23-27,29-32H,1-3,10,12-14H2/t16?,17?,21?,23-,24-,25+,26-,27-/m1/s1. The maximum Gasteiger partial charge on any atom is 0.119 e. The third-order valence-corrected chi connectivity index (χ3v) is 8.23. The summed E-state index contributed by atoms with van der Waals surface area (Å²) in [5, 5.41) is 40.7. The van der Waals surface area contributed by atoms with E-state index >= 15 is 0 Å². The molecule has 2 aromatic rings. The van der Waals surface area contributed by atoms with E-state index in [1.54, 1.807) is 12.1 Å². The van der Waals surface area contributed by atoms with Gasteiger partial charge in [-0.15, -0.1) is 0 Å². The molecule has 2 saturated carbocycles. The Balaban J connectivity index is 1.26. The molecule has 7 atom stereocenters. The first-order valence-electron chi connectivity index (χ1n) is 12.3. The molecule has 3 aliphatic rings. The number of ether oxygens (including phenoxy) is 2. The van der Waals surface area contributed by atoms with E-state index in [1.807, 2.05) is 30.3 Å². The Morgan fingerprint density at radius 1 is 0.912 bits per heavy atom. The van der Waals surface area contributed by atoms with Crippen LogP contribution in [-0.2, 0) is 11.2 Å². The first kappa shape index (κ1) is 24.0. The molecule has 2 unspecified atom stereocenters. The van der Waals surface area contributed by atoms with Crippen LogP contribution >= 0.6 is 11.6 Å². The van der Waals surface area contributed by atoms with E-state index in [0.29, 0.717) is 23.1 Å². The van der Waals surface area contributed by atoms with E-state index in [2.05, 4.69) is 0 Å². The van der Waals surface area contributed by atoms with Crippen molar-refractivity contribution in [2.45, 2.75) is 75.1 Å². The lowest BCUT2D eigenvalue weighted by molar-refractivity contribution is -0.231. The Kier molecular flexibility index (Phi) is 7.17. The van der Waals surface area contributed by atoms with Crippen molar-refractivity contribution < 1.29 is 29.9 Å². The summed E-state index contributed by atoms with van der Waals surface area (Å²) in [6.45, 7) is -0.460. The lowest BCUT2D eigenvalue weighted by atomic mass is 9.90. The molecule has 1 saturated heterocycles. The number of hydrogen-bond donors (Lipinski definition) is 4. The maximum atomic E-state index is 10.5. The second kappa shape index (κ2) is 10.1. The van der Waals surface area contributed by atoms with Gasteiger partial charge in [0, 0.05) is 5.02 Å². The molecule has 2 aliphatic carbocycles. The van der Waals surface area contributed by atoms with Crippen LogP contribution in [0.1, 0.15) is 54.9 Å². The van der Waals surface area contributed by atoms with Crippen LogP contribution in [0, 0.1) is 11.8 Å². The fourth-order valence-electron chi connectivity index (χ4n) is 5.98. The highest BCUT2D eigenvalue weighted by atomic mass is 35.5. The molecule has 1 aliphatic heterocycles. The second-order valence-electron chi connectivity index (χ2n) is 10.1. The van der Waals surface area contributed by atoms with Crippen molar-refractivity contribution in [1.82, 2.24) is 0 Å². The second-order valence-corrected chi connectivity index (χ2v) is 10.5. The van der Waals surface area contributed by atoms with Crippen LogP contribution in [0.3, 0.4) is 0 Å². The predicted octanol–water partition coefficient (Wildman–Crippen LogP) is 3.40. The summed E-state index contributed by atoms with van der Waals surface area (Å²) >= 11 is 6.46. The van der Waals surface area contributed by atoms with Crippen LogP contribution in [0.4, 0.5) is 0 Å². The molecule has 1 heterocycles. The molecule has 0 radical (unpaired) electrons. The molecular formula is C27H33ClO6. The lowest BCUT2D eigenvalue weighted by Crippen LogP contribution is -2.55. The van der Waals surface area contributed by atoms with Crippen LogP contribution < -0.4 is 4.74 Å². The quantitative estimate of drug-likeness (QED) is 0.497. The highest BCUT2D eigenvalue weighted by Crippen LogP contribution is 2.45. The van der Waals surface area contributed by atoms with Gasteiger partial charge in [0.05, 0.1) is 12.7 Å². The van der Waals surface area contributed by atoms with Gasteiger partial charge in [-0.05, 0) is 66.0 Å². The molecule has 184 valence electrons. The van der Waals surface area contributed by atoms with Crippen LogP contribution in [0.15, 0.2) is 42.5 Å². The molecule has 7 heteroatoms. The predicted molar refractivity (Wildman–Crippen MR) is 128 cm³/mol. The molecular weight excluding hydrogens is 456 g/mol. The molecule has 4 N–H and O–H groups in total. The lowest BCUT2D eigenvalue weighted by Gasteiger charge is -2.40. The van der Waals surface area contributed by atoms with E-state index < -0.39 is 37.1 Å². The van der Waals surface area contributed by atoms with Gasteiger partial charge in [-0.3, -0.25) is 0 Å². The van der Waals surface area contributed by atoms with Crippen molar-refractivity contribution in [2.24, 2.45) is 11.8 Å². The Labute approximate surface area is 205 Å². The van der Waals surface area contributed by atoms with E-state index in [-0.39, 0.29) is 0 Å². The van der Waals surface area contributed by atoms with Crippen molar-refractivity contribution in [3.8, 4) is 5.75 Å². The third kappa shape index (κ3) is 4.85. The first-order chi connectivity index (χ1) is 16.4. The Bertz CT molecular complexity index is 968. The van der Waals surface area contributed by atoms with Gasteiger partial charge in [0.1, 0.15) is 36.3 Å². The number of aliphatic hydroxyl groups excluding tert-OH is 4. The monoisotopic (exact) mass is 488 g/mol. The van der Waals surface area contributed by atoms with Crippen LogP contribution in [0.25, 0.3) is 0 Å². The highest BCUT2D eigenvalue weighted by molar-refractivity contribution is 6.31. The van der Waals surface area contributed by atoms with Crippen LogP contribution in [0.2, 0.25) is 5.02 Å². The third-order valence-electron chi connectivity index (χ3n) is 7.86. The summed E-state index contributed by atoms with van der Waals surface area (Å²) in [5.74, 6) is 2.60. The Hall–Kier alpha value is -1.67. The van der Waals surface area contributed by atoms with Gasteiger partial charge >= 0.3 is 0 Å². The first-order valence-corrected chi connectivity index (χ1v) is 12.6. The number of hydrogen-bond acceptors (Lipinski definition) is 6. The van der Waals surface area contributed by atoms with Gasteiger partial charge in [0.15, 0.2) is 0 Å². The van der Waals surface area contributed by atoms with Crippen molar-refractivity contribution >= 4 is 11.6 Å². The SMILES string of the molecule is OC[C@H]1O[C@H](c2ccc(Cl)c(Cc3ccc(OC4CC5CCCC5C4)cc3)c2)[C@H](O)[C@@H](O)[C@@H]1O. The fraction of sp³-hybridized carbons (Fsp3) is 0.556. The van der Waals surface area contributed by atoms with E-state index in [9.17, 15) is 20.4 Å². The summed E-state index contributed by atoms with van der Waals surface area (Å²) in [6.07, 6.45) is 1.38. The Morgan fingerprint density at radius 3 is 2.29 bits per heavy atom. The minimum atomic E-state index is -1.41. The molecule has 34 heavy (non-hydrogen) atoms. The number of rotatable bonds is 6. The molecule has 6 nitrogen and oxygen atoms in total. The smallest absolute Gasteiger partial charge is 0.119 e. The summed E-state index contributed by atoms with van der Waals surface area (Å²) in [5.41, 5.74) is 2.56. The zero-order chi connectivity index (χ0) is 23.8. The summed E-state index contributed by atoms with van der Waals surface area (Å²) in [6, 6.07) is 13.4. The molecule has 0 amide bonds. The van der Waals surface area contributed by atoms with Gasteiger partial charge in [0.25, 0.3) is 0 Å². The molecule has 0 spiro atoms. The minimum absolute atomic E-state index is 0.325. The van der Waals surface area contributed by atoms with Gasteiger partial charge in [-0.2, -0.15) is 0 Å². The zero-order valence-electron chi connectivity index (χ0n) is 19.1. The van der Waals surface area contributed by atoms with Crippen molar-refractivity contribution in [2.75, 3.05) is 6.61 Å². The summed E-state index contributed by atoms with van der Waals surface area (Å²) in [4.78, 5) is 0. The van der Waals surface area contributed by atoms with Gasteiger partial charge < -0.3 is 29.9 Å². The Morgan fingerprint density at radius 2 is 1.62 bits per heavy atom. The van der Waals surface area contributed by atoms with Crippen LogP contribution in [0.5, 0.6) is 5.75 Å². The molecule has 2 aromatic carbocycles. The fourth-order valence-corrected chi connectivity index (χ4v) is 6.17. The molecule has 5 rings (SSSR count). The summed E-state index contributed by atoms with van der Waals surface area (Å²) < 4.78 is 12.0. The van der Waals surface area contributed by atoms with Crippen molar-refractivity contribution in [3.63, 3.8) is 0 Å². The van der Waals surface area contributed by atoms with E-state index in [0.717, 1.165) is 28.7 Å². The van der Waals surface area contributed by atoms with Gasteiger partial charge in [-0.25, -0.2) is 0 Å². The molecule has 0 bridgehead atoms. The molecule has 0 aromatic heterocycles. The molecule has 3 fully saturated rings. The number of halogens is 1. The summed E-state index contributed by atoms with van der Waals surface area (Å²) in [7, 11) is 0. The zero-order valence-corrected chi connectivity index (χ0v) is 19.8. The van der Waals surface area contributed by atoms with Crippen molar-refractivity contribution in [3.05, 3.63) is 64.2 Å². The van der Waals surface area contributed by atoms with E-state index in [4.69, 9.17) is 21.1 Å².